The molecule has 1 N–H and O–H groups in total. The highest BCUT2D eigenvalue weighted by molar-refractivity contribution is 7.07. The smallest absolute Gasteiger partial charge is 0.0101 e. The third kappa shape index (κ3) is 3.05. The quantitative estimate of drug-likeness (QED) is 0.780. The van der Waals surface area contributed by atoms with Crippen LogP contribution in [0.4, 0.5) is 0 Å². The van der Waals surface area contributed by atoms with Gasteiger partial charge in [-0.25, -0.2) is 0 Å². The van der Waals surface area contributed by atoms with E-state index in [1.54, 1.807) is 0 Å². The number of aryl methyl sites for hydroxylation is 1. The molecule has 0 aromatic carbocycles. The van der Waals surface area contributed by atoms with E-state index in [2.05, 4.69) is 36.0 Å². The Morgan fingerprint density at radius 3 is 2.93 bits per heavy atom. The van der Waals surface area contributed by atoms with Crippen molar-refractivity contribution >= 4 is 11.3 Å². The van der Waals surface area contributed by atoms with Gasteiger partial charge in [0.2, 0.25) is 0 Å². The second-order valence-electron chi connectivity index (χ2n) is 4.71. The van der Waals surface area contributed by atoms with Crippen molar-refractivity contribution in [3.05, 3.63) is 22.4 Å². The van der Waals surface area contributed by atoms with Gasteiger partial charge in [0.15, 0.2) is 0 Å². The highest BCUT2D eigenvalue weighted by Gasteiger charge is 2.38. The summed E-state index contributed by atoms with van der Waals surface area (Å²) in [7, 11) is 0. The fourth-order valence-electron chi connectivity index (χ4n) is 2.40. The van der Waals surface area contributed by atoms with E-state index in [-0.39, 0.29) is 0 Å². The van der Waals surface area contributed by atoms with Gasteiger partial charge in [0.05, 0.1) is 0 Å². The van der Waals surface area contributed by atoms with Crippen molar-refractivity contribution in [1.29, 1.82) is 0 Å². The predicted octanol–water partition coefficient (Wildman–Crippen LogP) is 3.31. The van der Waals surface area contributed by atoms with Crippen LogP contribution in [0.3, 0.4) is 0 Å². The van der Waals surface area contributed by atoms with Gasteiger partial charge in [0.25, 0.3) is 0 Å². The van der Waals surface area contributed by atoms with E-state index in [9.17, 15) is 0 Å². The number of rotatable bonds is 6. The van der Waals surface area contributed by atoms with E-state index < -0.39 is 0 Å². The lowest BCUT2D eigenvalue weighted by Crippen LogP contribution is -2.31. The number of thiophene rings is 1. The summed E-state index contributed by atoms with van der Waals surface area (Å²) in [6.07, 6.45) is 3.98. The Hall–Kier alpha value is -0.340. The van der Waals surface area contributed by atoms with Crippen LogP contribution >= 0.6 is 11.3 Å². The third-order valence-corrected chi connectivity index (χ3v) is 4.21. The van der Waals surface area contributed by atoms with Gasteiger partial charge in [-0.05, 0) is 60.0 Å². The molecule has 1 aromatic heterocycles. The molecule has 0 amide bonds. The van der Waals surface area contributed by atoms with Gasteiger partial charge in [-0.2, -0.15) is 11.3 Å². The summed E-state index contributed by atoms with van der Waals surface area (Å²) < 4.78 is 0. The Balaban J connectivity index is 1.79. The summed E-state index contributed by atoms with van der Waals surface area (Å²) >= 11 is 1.81. The summed E-state index contributed by atoms with van der Waals surface area (Å²) in [6, 6.07) is 3.01. The van der Waals surface area contributed by atoms with Crippen molar-refractivity contribution < 1.29 is 0 Å². The molecule has 1 saturated carbocycles. The molecule has 1 nitrogen and oxygen atoms in total. The van der Waals surface area contributed by atoms with Crippen molar-refractivity contribution in [2.45, 2.75) is 39.2 Å². The van der Waals surface area contributed by atoms with E-state index in [1.165, 1.54) is 24.8 Å². The molecular formula is C13H21NS. The molecule has 0 bridgehead atoms. The molecule has 2 heteroatoms. The molecule has 1 heterocycles. The standard InChI is InChI=1S/C13H21NS/c1-3-14-13(12-8-10(12)2)5-4-11-6-7-15-9-11/h6-7,9-10,12-14H,3-5,8H2,1-2H3. The molecule has 1 aliphatic rings. The van der Waals surface area contributed by atoms with Gasteiger partial charge in [-0.15, -0.1) is 0 Å². The molecule has 0 saturated heterocycles. The lowest BCUT2D eigenvalue weighted by Gasteiger charge is -2.17. The van der Waals surface area contributed by atoms with Gasteiger partial charge < -0.3 is 5.32 Å². The van der Waals surface area contributed by atoms with Crippen LogP contribution < -0.4 is 5.32 Å². The van der Waals surface area contributed by atoms with E-state index >= 15 is 0 Å². The van der Waals surface area contributed by atoms with Crippen LogP contribution in [0, 0.1) is 11.8 Å². The lowest BCUT2D eigenvalue weighted by atomic mass is 10.0. The second-order valence-corrected chi connectivity index (χ2v) is 5.49. The Bertz CT molecular complexity index is 281. The minimum Gasteiger partial charge on any atom is -0.314 e. The van der Waals surface area contributed by atoms with Crippen LogP contribution in [0.5, 0.6) is 0 Å². The van der Waals surface area contributed by atoms with E-state index in [0.29, 0.717) is 0 Å². The van der Waals surface area contributed by atoms with Crippen molar-refractivity contribution in [3.8, 4) is 0 Å². The summed E-state index contributed by atoms with van der Waals surface area (Å²) in [4.78, 5) is 0. The molecule has 1 fully saturated rings. The Labute approximate surface area is 96.9 Å². The fraction of sp³-hybridized carbons (Fsp3) is 0.692. The van der Waals surface area contributed by atoms with Gasteiger partial charge in [0, 0.05) is 6.04 Å². The first-order valence-electron chi connectivity index (χ1n) is 6.05. The largest absolute Gasteiger partial charge is 0.314 e. The van der Waals surface area contributed by atoms with Crippen molar-refractivity contribution in [3.63, 3.8) is 0 Å². The second kappa shape index (κ2) is 5.13. The molecule has 15 heavy (non-hydrogen) atoms. The number of hydrogen-bond donors (Lipinski definition) is 1. The monoisotopic (exact) mass is 223 g/mol. The fourth-order valence-corrected chi connectivity index (χ4v) is 3.10. The topological polar surface area (TPSA) is 12.0 Å². The minimum atomic E-state index is 0.755. The average Bonchev–Trinajstić information content (AvgIpc) is 2.77. The summed E-state index contributed by atoms with van der Waals surface area (Å²) in [6.45, 7) is 5.70. The van der Waals surface area contributed by atoms with Crippen LogP contribution in [-0.2, 0) is 6.42 Å². The maximum Gasteiger partial charge on any atom is 0.0101 e. The normalized spacial score (nSPS) is 26.5. The van der Waals surface area contributed by atoms with Crippen LogP contribution in [0.2, 0.25) is 0 Å². The van der Waals surface area contributed by atoms with Crippen LogP contribution in [0.25, 0.3) is 0 Å². The predicted molar refractivity (Wildman–Crippen MR) is 67.4 cm³/mol. The minimum absolute atomic E-state index is 0.755. The molecule has 0 spiro atoms. The molecule has 3 unspecified atom stereocenters. The van der Waals surface area contributed by atoms with E-state index in [1.807, 2.05) is 11.3 Å². The first kappa shape index (κ1) is 11.2. The first-order chi connectivity index (χ1) is 7.31. The van der Waals surface area contributed by atoms with E-state index in [0.717, 1.165) is 24.4 Å². The van der Waals surface area contributed by atoms with Crippen molar-refractivity contribution in [2.24, 2.45) is 11.8 Å². The Kier molecular flexibility index (Phi) is 3.81. The van der Waals surface area contributed by atoms with Crippen molar-refractivity contribution in [1.82, 2.24) is 5.32 Å². The zero-order valence-electron chi connectivity index (χ0n) is 9.70. The molecular weight excluding hydrogens is 202 g/mol. The maximum atomic E-state index is 3.64. The molecule has 1 aliphatic carbocycles. The molecule has 2 rings (SSSR count). The Morgan fingerprint density at radius 2 is 2.40 bits per heavy atom. The van der Waals surface area contributed by atoms with E-state index in [4.69, 9.17) is 0 Å². The summed E-state index contributed by atoms with van der Waals surface area (Å²) in [5.74, 6) is 1.90. The SMILES string of the molecule is CCNC(CCc1ccsc1)C1CC1C. The van der Waals surface area contributed by atoms with Gasteiger partial charge >= 0.3 is 0 Å². The molecule has 1 aromatic rings. The zero-order chi connectivity index (χ0) is 10.7. The molecule has 84 valence electrons. The lowest BCUT2D eigenvalue weighted by molar-refractivity contribution is 0.430. The Morgan fingerprint density at radius 1 is 1.60 bits per heavy atom. The highest BCUT2D eigenvalue weighted by atomic mass is 32.1. The van der Waals surface area contributed by atoms with Gasteiger partial charge in [-0.1, -0.05) is 13.8 Å². The number of nitrogens with one attached hydrogen (secondary N) is 1. The molecule has 0 radical (unpaired) electrons. The van der Waals surface area contributed by atoms with Gasteiger partial charge in [-0.3, -0.25) is 0 Å². The van der Waals surface area contributed by atoms with Crippen LogP contribution in [0.15, 0.2) is 16.8 Å². The van der Waals surface area contributed by atoms with Crippen LogP contribution in [-0.4, -0.2) is 12.6 Å². The highest BCUT2D eigenvalue weighted by Crippen LogP contribution is 2.41. The van der Waals surface area contributed by atoms with Crippen molar-refractivity contribution in [2.75, 3.05) is 6.54 Å². The van der Waals surface area contributed by atoms with Gasteiger partial charge in [0.1, 0.15) is 0 Å². The summed E-state index contributed by atoms with van der Waals surface area (Å²) in [5, 5.41) is 8.10. The zero-order valence-corrected chi connectivity index (χ0v) is 10.5. The number of hydrogen-bond acceptors (Lipinski definition) is 2. The summed E-state index contributed by atoms with van der Waals surface area (Å²) in [5.41, 5.74) is 1.51. The third-order valence-electron chi connectivity index (χ3n) is 3.48. The molecule has 3 atom stereocenters. The first-order valence-corrected chi connectivity index (χ1v) is 7.00. The molecule has 0 aliphatic heterocycles. The van der Waals surface area contributed by atoms with Crippen LogP contribution in [0.1, 0.15) is 32.3 Å². The maximum absolute atomic E-state index is 3.64. The average molecular weight is 223 g/mol.